The number of azo groups is 1. The van der Waals surface area contributed by atoms with Crippen molar-refractivity contribution in [3.8, 4) is 11.8 Å². The monoisotopic (exact) mass is 487 g/mol. The van der Waals surface area contributed by atoms with Crippen LogP contribution >= 0.6 is 11.6 Å². The predicted molar refractivity (Wildman–Crippen MR) is 144 cm³/mol. The predicted octanol–water partition coefficient (Wildman–Crippen LogP) is 9.37. The van der Waals surface area contributed by atoms with Gasteiger partial charge in [-0.1, -0.05) is 96.5 Å². The average Bonchev–Trinajstić information content (AvgIpc) is 2.78. The Bertz CT molecular complexity index is 1280. The Morgan fingerprint density at radius 3 is 2.06 bits per heavy atom. The SMILES string of the molecule is CC(C)(C)CC(C)(C)c1cc(/N=N/c2cc(C#N)ccc2Cl)c(O)c(C(C)(C)c2ccccc2)c1. The molecule has 0 spiro atoms. The number of phenolic OH excluding ortho intramolecular Hbond substituents is 1. The van der Waals surface area contributed by atoms with E-state index in [2.05, 4.69) is 83.0 Å². The largest absolute Gasteiger partial charge is 0.505 e. The normalized spacial score (nSPS) is 12.7. The summed E-state index contributed by atoms with van der Waals surface area (Å²) in [6.45, 7) is 15.3. The maximum Gasteiger partial charge on any atom is 0.147 e. The molecule has 0 saturated heterocycles. The van der Waals surface area contributed by atoms with Gasteiger partial charge in [0.25, 0.3) is 0 Å². The molecule has 3 aromatic rings. The summed E-state index contributed by atoms with van der Waals surface area (Å²) in [7, 11) is 0. The standard InChI is InChI=1S/C30H34ClN3O/c1-28(2,3)19-29(4,5)22-16-23(30(6,7)21-11-9-8-10-12-21)27(35)26(17-22)34-33-25-15-20(18-32)13-14-24(25)31/h8-17,35H,19H2,1-7H3/b34-33+. The summed E-state index contributed by atoms with van der Waals surface area (Å²) in [6, 6.07) is 21.1. The quantitative estimate of drug-likeness (QED) is 0.352. The summed E-state index contributed by atoms with van der Waals surface area (Å²) in [4.78, 5) is 0. The molecule has 0 saturated carbocycles. The molecule has 4 nitrogen and oxygen atoms in total. The summed E-state index contributed by atoms with van der Waals surface area (Å²) in [5.41, 5.74) is 3.63. The molecule has 0 atom stereocenters. The van der Waals surface area contributed by atoms with Crippen molar-refractivity contribution in [3.63, 3.8) is 0 Å². The summed E-state index contributed by atoms with van der Waals surface area (Å²) < 4.78 is 0. The summed E-state index contributed by atoms with van der Waals surface area (Å²) in [6.07, 6.45) is 0.947. The molecule has 0 aliphatic carbocycles. The second-order valence-corrected chi connectivity index (χ2v) is 11.9. The minimum absolute atomic E-state index is 0.0884. The molecular weight excluding hydrogens is 454 g/mol. The molecule has 3 rings (SSSR count). The Kier molecular flexibility index (Phi) is 7.43. The van der Waals surface area contributed by atoms with E-state index in [1.807, 2.05) is 24.3 Å². The van der Waals surface area contributed by atoms with Crippen molar-refractivity contribution in [2.24, 2.45) is 15.6 Å². The molecule has 0 aromatic heterocycles. The van der Waals surface area contributed by atoms with Gasteiger partial charge in [0.2, 0.25) is 0 Å². The maximum absolute atomic E-state index is 11.4. The molecule has 0 bridgehead atoms. The zero-order valence-corrected chi connectivity index (χ0v) is 22.4. The molecular formula is C30H34ClN3O. The first kappa shape index (κ1) is 26.4. The lowest BCUT2D eigenvalue weighted by Crippen LogP contribution is -2.26. The maximum atomic E-state index is 11.4. The molecule has 0 radical (unpaired) electrons. The van der Waals surface area contributed by atoms with E-state index in [-0.39, 0.29) is 16.6 Å². The van der Waals surface area contributed by atoms with Gasteiger partial charge >= 0.3 is 0 Å². The van der Waals surface area contributed by atoms with E-state index in [9.17, 15) is 10.4 Å². The number of halogens is 1. The third-order valence-electron chi connectivity index (χ3n) is 6.35. The highest BCUT2D eigenvalue weighted by Gasteiger charge is 2.33. The molecule has 0 fully saturated rings. The molecule has 0 amide bonds. The van der Waals surface area contributed by atoms with Gasteiger partial charge in [0, 0.05) is 11.0 Å². The first-order chi connectivity index (χ1) is 16.2. The zero-order chi connectivity index (χ0) is 26.0. The average molecular weight is 488 g/mol. The Morgan fingerprint density at radius 2 is 1.46 bits per heavy atom. The van der Waals surface area contributed by atoms with E-state index < -0.39 is 5.41 Å². The van der Waals surface area contributed by atoms with Crippen LogP contribution in [0.4, 0.5) is 11.4 Å². The second-order valence-electron chi connectivity index (χ2n) is 11.5. The van der Waals surface area contributed by atoms with Crippen molar-refractivity contribution in [2.75, 3.05) is 0 Å². The van der Waals surface area contributed by atoms with E-state index in [1.165, 1.54) is 0 Å². The molecule has 3 aromatic carbocycles. The van der Waals surface area contributed by atoms with Crippen molar-refractivity contribution in [2.45, 2.75) is 65.7 Å². The summed E-state index contributed by atoms with van der Waals surface area (Å²) in [5, 5.41) is 29.8. The van der Waals surface area contributed by atoms with Crippen LogP contribution in [0.25, 0.3) is 0 Å². The highest BCUT2D eigenvalue weighted by Crippen LogP contribution is 2.46. The van der Waals surface area contributed by atoms with Gasteiger partial charge in [-0.3, -0.25) is 0 Å². The van der Waals surface area contributed by atoms with Crippen LogP contribution in [0.2, 0.25) is 5.02 Å². The third kappa shape index (κ3) is 6.10. The Morgan fingerprint density at radius 1 is 0.829 bits per heavy atom. The second kappa shape index (κ2) is 9.84. The topological polar surface area (TPSA) is 68.7 Å². The number of rotatable bonds is 6. The van der Waals surface area contributed by atoms with Crippen LogP contribution in [-0.2, 0) is 10.8 Å². The van der Waals surface area contributed by atoms with Crippen LogP contribution in [0.3, 0.4) is 0 Å². The minimum atomic E-state index is -0.470. The van der Waals surface area contributed by atoms with Crippen molar-refractivity contribution < 1.29 is 5.11 Å². The van der Waals surface area contributed by atoms with Gasteiger partial charge in [0.1, 0.15) is 17.1 Å². The fourth-order valence-electron chi connectivity index (χ4n) is 4.77. The molecule has 0 aliphatic rings. The van der Waals surface area contributed by atoms with Crippen molar-refractivity contribution in [1.29, 1.82) is 5.26 Å². The zero-order valence-electron chi connectivity index (χ0n) is 21.6. The summed E-state index contributed by atoms with van der Waals surface area (Å²) in [5.74, 6) is 0.0884. The van der Waals surface area contributed by atoms with Crippen LogP contribution in [0.15, 0.2) is 70.9 Å². The first-order valence-electron chi connectivity index (χ1n) is 11.8. The molecule has 5 heteroatoms. The minimum Gasteiger partial charge on any atom is -0.505 e. The van der Waals surface area contributed by atoms with E-state index >= 15 is 0 Å². The molecule has 35 heavy (non-hydrogen) atoms. The number of aromatic hydroxyl groups is 1. The molecule has 1 N–H and O–H groups in total. The lowest BCUT2D eigenvalue weighted by Gasteiger charge is -2.35. The Hall–Kier alpha value is -3.16. The van der Waals surface area contributed by atoms with Crippen molar-refractivity contribution >= 4 is 23.0 Å². The van der Waals surface area contributed by atoms with Crippen LogP contribution in [0.1, 0.15) is 77.1 Å². The van der Waals surface area contributed by atoms with E-state index in [0.717, 1.165) is 23.1 Å². The van der Waals surface area contributed by atoms with Crippen molar-refractivity contribution in [1.82, 2.24) is 0 Å². The van der Waals surface area contributed by atoms with Gasteiger partial charge in [-0.25, -0.2) is 0 Å². The number of benzene rings is 3. The molecule has 0 unspecified atom stereocenters. The van der Waals surface area contributed by atoms with Gasteiger partial charge in [-0.05, 0) is 52.6 Å². The molecule has 0 aliphatic heterocycles. The number of hydrogen-bond acceptors (Lipinski definition) is 4. The van der Waals surface area contributed by atoms with Crippen LogP contribution < -0.4 is 0 Å². The van der Waals surface area contributed by atoms with Gasteiger partial charge in [-0.15, -0.1) is 10.2 Å². The Balaban J connectivity index is 2.22. The van der Waals surface area contributed by atoms with Crippen LogP contribution in [0.5, 0.6) is 5.75 Å². The van der Waals surface area contributed by atoms with Gasteiger partial charge in [-0.2, -0.15) is 5.26 Å². The number of nitrogens with zero attached hydrogens (tertiary/aromatic N) is 3. The number of nitriles is 1. The molecule has 182 valence electrons. The number of hydrogen-bond donors (Lipinski definition) is 1. The lowest BCUT2D eigenvalue weighted by molar-refractivity contribution is 0.283. The fraction of sp³-hybridized carbons (Fsp3) is 0.367. The van der Waals surface area contributed by atoms with Crippen molar-refractivity contribution in [3.05, 3.63) is 87.9 Å². The highest BCUT2D eigenvalue weighted by atomic mass is 35.5. The Labute approximate surface area is 214 Å². The lowest BCUT2D eigenvalue weighted by atomic mass is 9.70. The van der Waals surface area contributed by atoms with Gasteiger partial charge < -0.3 is 5.11 Å². The fourth-order valence-corrected chi connectivity index (χ4v) is 4.92. The van der Waals surface area contributed by atoms with E-state index in [1.54, 1.807) is 18.2 Å². The highest BCUT2D eigenvalue weighted by molar-refractivity contribution is 6.33. The first-order valence-corrected chi connectivity index (χ1v) is 12.2. The smallest absolute Gasteiger partial charge is 0.147 e. The van der Waals surface area contributed by atoms with E-state index in [0.29, 0.717) is 22.0 Å². The summed E-state index contributed by atoms with van der Waals surface area (Å²) >= 11 is 6.29. The van der Waals surface area contributed by atoms with E-state index in [4.69, 9.17) is 11.6 Å². The van der Waals surface area contributed by atoms with Crippen LogP contribution in [-0.4, -0.2) is 5.11 Å². The van der Waals surface area contributed by atoms with Gasteiger partial charge in [0.15, 0.2) is 0 Å². The number of phenols is 1. The molecule has 0 heterocycles. The third-order valence-corrected chi connectivity index (χ3v) is 6.67. The van der Waals surface area contributed by atoms with Gasteiger partial charge in [0.05, 0.1) is 16.7 Å². The van der Waals surface area contributed by atoms with Crippen LogP contribution in [0, 0.1) is 16.7 Å².